The van der Waals surface area contributed by atoms with E-state index in [1.807, 2.05) is 24.3 Å². The highest BCUT2D eigenvalue weighted by atomic mass is 32.1. The molecule has 19 heavy (non-hydrogen) atoms. The number of rotatable bonds is 2. The first-order valence-corrected chi connectivity index (χ1v) is 7.04. The zero-order valence-corrected chi connectivity index (χ0v) is 11.1. The Hall–Kier alpha value is -1.72. The third-order valence-corrected chi connectivity index (χ3v) is 4.16. The quantitative estimate of drug-likeness (QED) is 0.851. The van der Waals surface area contributed by atoms with Crippen LogP contribution in [0.1, 0.15) is 11.4 Å². The maximum absolute atomic E-state index is 11.9. The lowest BCUT2D eigenvalue weighted by atomic mass is 10.3. The van der Waals surface area contributed by atoms with Crippen molar-refractivity contribution in [3.8, 4) is 0 Å². The Morgan fingerprint density at radius 3 is 3.05 bits per heavy atom. The van der Waals surface area contributed by atoms with Crippen molar-refractivity contribution in [3.05, 3.63) is 35.3 Å². The number of β-amino-alcohol motifs (C(OH)–C–C–N with tert-alkyl or cyclic N) is 1. The summed E-state index contributed by atoms with van der Waals surface area (Å²) in [6.07, 6.45) is 3.58. The van der Waals surface area contributed by atoms with Gasteiger partial charge in [0.1, 0.15) is 5.01 Å². The molecule has 0 bridgehead atoms. The van der Waals surface area contributed by atoms with Crippen molar-refractivity contribution in [1.29, 1.82) is 0 Å². The first kappa shape index (κ1) is 12.3. The SMILES string of the molecule is O=C(C=Cc1nc2ccccc2s1)N1CC[C@@H](O)C1. The number of carbonyl (C=O) groups excluding carboxylic acids is 1. The summed E-state index contributed by atoms with van der Waals surface area (Å²) in [6, 6.07) is 7.90. The number of nitrogens with zero attached hydrogens (tertiary/aromatic N) is 2. The molecule has 2 heterocycles. The minimum absolute atomic E-state index is 0.0594. The highest BCUT2D eigenvalue weighted by molar-refractivity contribution is 7.19. The first-order chi connectivity index (χ1) is 9.22. The number of aliphatic hydroxyl groups is 1. The van der Waals surface area contributed by atoms with Crippen molar-refractivity contribution in [2.75, 3.05) is 13.1 Å². The summed E-state index contributed by atoms with van der Waals surface area (Å²) in [7, 11) is 0. The van der Waals surface area contributed by atoms with Crippen LogP contribution in [0.3, 0.4) is 0 Å². The molecular formula is C14H14N2O2S. The summed E-state index contributed by atoms with van der Waals surface area (Å²) in [6.45, 7) is 1.06. The average molecular weight is 274 g/mol. The van der Waals surface area contributed by atoms with E-state index in [4.69, 9.17) is 0 Å². The number of amides is 1. The molecule has 0 spiro atoms. The van der Waals surface area contributed by atoms with Gasteiger partial charge in [-0.3, -0.25) is 4.79 Å². The molecular weight excluding hydrogens is 260 g/mol. The maximum atomic E-state index is 11.9. The molecule has 1 aliphatic rings. The van der Waals surface area contributed by atoms with Crippen molar-refractivity contribution in [1.82, 2.24) is 9.88 Å². The molecule has 1 N–H and O–H groups in total. The molecule has 1 aliphatic heterocycles. The standard InChI is InChI=1S/C14H14N2O2S/c17-10-7-8-16(9-10)14(18)6-5-13-15-11-3-1-2-4-12(11)19-13/h1-6,10,17H,7-9H2/t10-/m1/s1. The summed E-state index contributed by atoms with van der Waals surface area (Å²) < 4.78 is 1.12. The fraction of sp³-hybridized carbons (Fsp3) is 0.286. The second kappa shape index (κ2) is 5.11. The van der Waals surface area contributed by atoms with E-state index < -0.39 is 0 Å². The lowest BCUT2D eigenvalue weighted by Gasteiger charge is -2.11. The van der Waals surface area contributed by atoms with Gasteiger partial charge in [0, 0.05) is 19.2 Å². The molecule has 0 unspecified atom stereocenters. The van der Waals surface area contributed by atoms with Gasteiger partial charge in [-0.2, -0.15) is 0 Å². The number of para-hydroxylation sites is 1. The number of fused-ring (bicyclic) bond motifs is 1. The smallest absolute Gasteiger partial charge is 0.246 e. The van der Waals surface area contributed by atoms with E-state index in [9.17, 15) is 9.90 Å². The Labute approximate surface area is 115 Å². The van der Waals surface area contributed by atoms with Gasteiger partial charge in [0.25, 0.3) is 0 Å². The second-order valence-electron chi connectivity index (χ2n) is 4.58. The van der Waals surface area contributed by atoms with Gasteiger partial charge in [0.2, 0.25) is 5.91 Å². The summed E-state index contributed by atoms with van der Waals surface area (Å²) in [5.74, 6) is -0.0594. The van der Waals surface area contributed by atoms with E-state index in [0.717, 1.165) is 15.2 Å². The van der Waals surface area contributed by atoms with Crippen LogP contribution in [-0.4, -0.2) is 40.1 Å². The van der Waals surface area contributed by atoms with Crippen molar-refractivity contribution in [3.63, 3.8) is 0 Å². The number of hydrogen-bond acceptors (Lipinski definition) is 4. The van der Waals surface area contributed by atoms with Gasteiger partial charge in [-0.05, 0) is 24.6 Å². The van der Waals surface area contributed by atoms with Gasteiger partial charge in [0.15, 0.2) is 0 Å². The molecule has 1 aromatic carbocycles. The van der Waals surface area contributed by atoms with Crippen molar-refractivity contribution < 1.29 is 9.90 Å². The molecule has 3 rings (SSSR count). The van der Waals surface area contributed by atoms with Gasteiger partial charge < -0.3 is 10.0 Å². The number of benzene rings is 1. The fourth-order valence-corrected chi connectivity index (χ4v) is 3.02. The van der Waals surface area contributed by atoms with Crippen molar-refractivity contribution in [2.24, 2.45) is 0 Å². The van der Waals surface area contributed by atoms with Crippen LogP contribution < -0.4 is 0 Å². The van der Waals surface area contributed by atoms with Gasteiger partial charge in [0.05, 0.1) is 16.3 Å². The minimum atomic E-state index is -0.375. The third kappa shape index (κ3) is 2.67. The molecule has 2 aromatic rings. The Balaban J connectivity index is 1.73. The first-order valence-electron chi connectivity index (χ1n) is 6.23. The molecule has 5 heteroatoms. The van der Waals surface area contributed by atoms with Crippen molar-refractivity contribution in [2.45, 2.75) is 12.5 Å². The van der Waals surface area contributed by atoms with Crippen LogP contribution in [0.5, 0.6) is 0 Å². The predicted molar refractivity (Wildman–Crippen MR) is 75.9 cm³/mol. The molecule has 1 amide bonds. The van der Waals surface area contributed by atoms with Crippen LogP contribution in [0.15, 0.2) is 30.3 Å². The van der Waals surface area contributed by atoms with E-state index in [0.29, 0.717) is 19.5 Å². The Morgan fingerprint density at radius 2 is 2.32 bits per heavy atom. The van der Waals surface area contributed by atoms with Gasteiger partial charge in [-0.1, -0.05) is 12.1 Å². The highest BCUT2D eigenvalue weighted by Gasteiger charge is 2.22. The van der Waals surface area contributed by atoms with Crippen LogP contribution in [-0.2, 0) is 4.79 Å². The van der Waals surface area contributed by atoms with Crippen LogP contribution in [0.25, 0.3) is 16.3 Å². The number of aliphatic hydroxyl groups excluding tert-OH is 1. The zero-order chi connectivity index (χ0) is 13.2. The molecule has 1 aromatic heterocycles. The molecule has 0 aliphatic carbocycles. The molecule has 1 saturated heterocycles. The van der Waals surface area contributed by atoms with Crippen LogP contribution in [0, 0.1) is 0 Å². The number of aromatic nitrogens is 1. The van der Waals surface area contributed by atoms with Crippen LogP contribution in [0.4, 0.5) is 0 Å². The molecule has 0 saturated carbocycles. The number of hydrogen-bond donors (Lipinski definition) is 1. The van der Waals surface area contributed by atoms with Gasteiger partial charge in [-0.15, -0.1) is 11.3 Å². The monoisotopic (exact) mass is 274 g/mol. The molecule has 0 radical (unpaired) electrons. The summed E-state index contributed by atoms with van der Waals surface area (Å²) in [5.41, 5.74) is 0.955. The molecule has 1 fully saturated rings. The van der Waals surface area contributed by atoms with Gasteiger partial charge in [-0.25, -0.2) is 4.98 Å². The van der Waals surface area contributed by atoms with E-state index in [1.165, 1.54) is 6.08 Å². The molecule has 4 nitrogen and oxygen atoms in total. The van der Waals surface area contributed by atoms with Crippen LogP contribution >= 0.6 is 11.3 Å². The Bertz CT molecular complexity index is 602. The number of likely N-dealkylation sites (tertiary alicyclic amines) is 1. The number of thiazole rings is 1. The van der Waals surface area contributed by atoms with E-state index in [-0.39, 0.29) is 12.0 Å². The van der Waals surface area contributed by atoms with E-state index in [2.05, 4.69) is 4.98 Å². The summed E-state index contributed by atoms with van der Waals surface area (Å²) in [5, 5.41) is 10.2. The fourth-order valence-electron chi connectivity index (χ4n) is 2.15. The normalized spacial score (nSPS) is 19.6. The van der Waals surface area contributed by atoms with E-state index >= 15 is 0 Å². The largest absolute Gasteiger partial charge is 0.391 e. The summed E-state index contributed by atoms with van der Waals surface area (Å²) >= 11 is 1.56. The third-order valence-electron chi connectivity index (χ3n) is 3.15. The Kier molecular flexibility index (Phi) is 3.31. The van der Waals surface area contributed by atoms with E-state index in [1.54, 1.807) is 22.3 Å². The second-order valence-corrected chi connectivity index (χ2v) is 5.64. The maximum Gasteiger partial charge on any atom is 0.246 e. The lowest BCUT2D eigenvalue weighted by molar-refractivity contribution is -0.125. The molecule has 1 atom stereocenters. The van der Waals surface area contributed by atoms with Crippen molar-refractivity contribution >= 4 is 33.5 Å². The zero-order valence-electron chi connectivity index (χ0n) is 10.3. The Morgan fingerprint density at radius 1 is 1.47 bits per heavy atom. The molecule has 98 valence electrons. The minimum Gasteiger partial charge on any atom is -0.391 e. The summed E-state index contributed by atoms with van der Waals surface area (Å²) in [4.78, 5) is 18.0. The van der Waals surface area contributed by atoms with Gasteiger partial charge >= 0.3 is 0 Å². The topological polar surface area (TPSA) is 53.4 Å². The highest BCUT2D eigenvalue weighted by Crippen LogP contribution is 2.22. The predicted octanol–water partition coefficient (Wildman–Crippen LogP) is 1.90. The number of carbonyl (C=O) groups is 1. The van der Waals surface area contributed by atoms with Crippen LogP contribution in [0.2, 0.25) is 0 Å². The lowest BCUT2D eigenvalue weighted by Crippen LogP contribution is -2.27. The average Bonchev–Trinajstić information content (AvgIpc) is 3.01.